The normalized spacial score (nSPS) is 21.7. The van der Waals surface area contributed by atoms with Gasteiger partial charge in [-0.1, -0.05) is 6.42 Å². The van der Waals surface area contributed by atoms with Crippen molar-refractivity contribution in [1.82, 2.24) is 9.55 Å². The number of rotatable bonds is 5. The zero-order valence-electron chi connectivity index (χ0n) is 21.7. The molecule has 2 N–H and O–H groups in total. The molecule has 204 valence electrons. The van der Waals surface area contributed by atoms with Crippen LogP contribution in [0, 0.1) is 17.6 Å². The lowest BCUT2D eigenvalue weighted by atomic mass is 9.85. The number of ether oxygens (including phenoxy) is 1. The van der Waals surface area contributed by atoms with E-state index in [2.05, 4.69) is 16.6 Å². The molecule has 4 unspecified atom stereocenters. The Balaban J connectivity index is 0.000000786. The number of aryl methyl sites for hydroxylation is 1. The lowest BCUT2D eigenvalue weighted by Gasteiger charge is -2.34. The molecule has 0 amide bonds. The van der Waals surface area contributed by atoms with Gasteiger partial charge in [-0.15, -0.1) is 0 Å². The molecule has 5 rings (SSSR count). The van der Waals surface area contributed by atoms with Gasteiger partial charge in [0.1, 0.15) is 23.6 Å². The minimum Gasteiger partial charge on any atom is -0.481 e. The number of benzene rings is 2. The van der Waals surface area contributed by atoms with E-state index in [4.69, 9.17) is 9.78 Å². The molecule has 38 heavy (non-hydrogen) atoms. The number of carboxylic acids is 1. The van der Waals surface area contributed by atoms with Crippen molar-refractivity contribution >= 4 is 29.2 Å². The summed E-state index contributed by atoms with van der Waals surface area (Å²) in [6.45, 7) is 2.54. The number of nitrogens with zero attached hydrogens (tertiary/aromatic N) is 3. The van der Waals surface area contributed by atoms with Gasteiger partial charge in [-0.25, -0.2) is 13.8 Å². The van der Waals surface area contributed by atoms with Crippen LogP contribution in [0.3, 0.4) is 0 Å². The van der Waals surface area contributed by atoms with Crippen molar-refractivity contribution in [2.45, 2.75) is 63.6 Å². The van der Waals surface area contributed by atoms with Crippen LogP contribution in [0.5, 0.6) is 0 Å². The number of carboxylic acid groups (broad SMARTS) is 1. The van der Waals surface area contributed by atoms with Crippen molar-refractivity contribution in [2.24, 2.45) is 5.92 Å². The van der Waals surface area contributed by atoms with E-state index >= 15 is 0 Å². The summed E-state index contributed by atoms with van der Waals surface area (Å²) in [4.78, 5) is 27.7. The largest absolute Gasteiger partial charge is 0.481 e. The summed E-state index contributed by atoms with van der Waals surface area (Å²) >= 11 is 0. The first-order valence-electron chi connectivity index (χ1n) is 12.8. The Morgan fingerprint density at radius 3 is 2.63 bits per heavy atom. The second kappa shape index (κ2) is 11.5. The molecule has 0 bridgehead atoms. The van der Waals surface area contributed by atoms with E-state index in [0.29, 0.717) is 25.4 Å². The monoisotopic (exact) mass is 529 g/mol. The second-order valence-electron chi connectivity index (χ2n) is 10.0. The maximum Gasteiger partial charge on any atom is 0.306 e. The fraction of sp³-hybridized carbons (Fsp3) is 0.464. The molecule has 2 aliphatic rings. The highest BCUT2D eigenvalue weighted by atomic mass is 19.1. The number of aliphatic carboxylic acids is 1. The fourth-order valence-electron chi connectivity index (χ4n) is 5.65. The summed E-state index contributed by atoms with van der Waals surface area (Å²) in [6.07, 6.45) is 2.76. The summed E-state index contributed by atoms with van der Waals surface area (Å²) in [7, 11) is 3.36. The molecule has 2 aromatic carbocycles. The predicted molar refractivity (Wildman–Crippen MR) is 138 cm³/mol. The molecule has 0 radical (unpaired) electrons. The average Bonchev–Trinajstić information content (AvgIpc) is 3.32. The molecule has 4 atom stereocenters. The number of anilines is 1. The first kappa shape index (κ1) is 27.5. The standard InChI is InChI=1S/C26H29F2N3O3.C2H4O2/c1-14-6-8-18-21(30(14)2)10-11-22-23(18)29-25(24(32)19-13-16(27)7-9-20(19)28)31(22)17-5-3-4-15(12-17)26(33)34;1-4-2-3/h7,9-11,13-15,17,24,32H,3-6,8,12H2,1-2H3,(H,33,34);2H,1H3. The molecule has 0 spiro atoms. The molecular weight excluding hydrogens is 496 g/mol. The van der Waals surface area contributed by atoms with Gasteiger partial charge in [0.2, 0.25) is 0 Å². The number of methoxy groups -OCH3 is 1. The Bertz CT molecular complexity index is 1330. The highest BCUT2D eigenvalue weighted by molar-refractivity contribution is 5.86. The number of aliphatic hydroxyl groups excluding tert-OH is 1. The number of fused-ring (bicyclic) bond motifs is 3. The molecule has 1 aromatic heterocycles. The number of carbonyl (C=O) groups is 2. The number of carbonyl (C=O) groups excluding carboxylic acids is 1. The molecule has 2 heterocycles. The summed E-state index contributed by atoms with van der Waals surface area (Å²) in [5.41, 5.74) is 3.49. The lowest BCUT2D eigenvalue weighted by molar-refractivity contribution is -0.143. The van der Waals surface area contributed by atoms with Crippen LogP contribution >= 0.6 is 0 Å². The minimum atomic E-state index is -1.48. The van der Waals surface area contributed by atoms with Gasteiger partial charge in [0.15, 0.2) is 0 Å². The van der Waals surface area contributed by atoms with Gasteiger partial charge >= 0.3 is 5.97 Å². The molecule has 0 saturated heterocycles. The van der Waals surface area contributed by atoms with Crippen LogP contribution in [0.1, 0.15) is 68.1 Å². The molecular formula is C28H33F2N3O5. The van der Waals surface area contributed by atoms with Gasteiger partial charge < -0.3 is 24.4 Å². The lowest BCUT2D eigenvalue weighted by Crippen LogP contribution is -2.33. The Hall–Kier alpha value is -3.53. The quantitative estimate of drug-likeness (QED) is 0.459. The van der Waals surface area contributed by atoms with Crippen LogP contribution in [0.15, 0.2) is 30.3 Å². The summed E-state index contributed by atoms with van der Waals surface area (Å²) in [5, 5.41) is 20.9. The van der Waals surface area contributed by atoms with Gasteiger partial charge in [-0.2, -0.15) is 0 Å². The highest BCUT2D eigenvalue weighted by Gasteiger charge is 2.34. The maximum absolute atomic E-state index is 14.6. The Morgan fingerprint density at radius 1 is 1.21 bits per heavy atom. The van der Waals surface area contributed by atoms with E-state index in [0.717, 1.165) is 66.2 Å². The molecule has 10 heteroatoms. The first-order valence-corrected chi connectivity index (χ1v) is 12.8. The zero-order chi connectivity index (χ0) is 27.6. The van der Waals surface area contributed by atoms with Crippen LogP contribution in [-0.4, -0.2) is 52.4 Å². The zero-order valence-corrected chi connectivity index (χ0v) is 21.7. The van der Waals surface area contributed by atoms with Crippen molar-refractivity contribution in [1.29, 1.82) is 0 Å². The minimum absolute atomic E-state index is 0.179. The Labute approximate surface area is 219 Å². The van der Waals surface area contributed by atoms with Crippen LogP contribution in [0.2, 0.25) is 0 Å². The molecule has 1 fully saturated rings. The van der Waals surface area contributed by atoms with Crippen LogP contribution in [-0.2, 0) is 20.7 Å². The van der Waals surface area contributed by atoms with Gasteiger partial charge in [0.05, 0.1) is 24.1 Å². The summed E-state index contributed by atoms with van der Waals surface area (Å²) < 4.78 is 34.3. The van der Waals surface area contributed by atoms with Crippen LogP contribution < -0.4 is 4.90 Å². The molecule has 1 aliphatic heterocycles. The number of aromatic nitrogens is 2. The Morgan fingerprint density at radius 2 is 1.95 bits per heavy atom. The van der Waals surface area contributed by atoms with E-state index in [1.807, 2.05) is 23.7 Å². The van der Waals surface area contributed by atoms with Crippen molar-refractivity contribution in [2.75, 3.05) is 19.1 Å². The number of hydrogen-bond acceptors (Lipinski definition) is 6. The van der Waals surface area contributed by atoms with Gasteiger partial charge in [-0.05, 0) is 69.4 Å². The van der Waals surface area contributed by atoms with Gasteiger partial charge in [0.25, 0.3) is 6.47 Å². The smallest absolute Gasteiger partial charge is 0.306 e. The van der Waals surface area contributed by atoms with Crippen LogP contribution in [0.4, 0.5) is 14.5 Å². The topological polar surface area (TPSA) is 105 Å². The van der Waals surface area contributed by atoms with Crippen molar-refractivity contribution in [3.05, 3.63) is 58.9 Å². The number of halogens is 2. The summed E-state index contributed by atoms with van der Waals surface area (Å²) in [6, 6.07) is 7.18. The van der Waals surface area contributed by atoms with E-state index in [1.54, 1.807) is 0 Å². The number of hydrogen-bond donors (Lipinski definition) is 2. The van der Waals surface area contributed by atoms with E-state index in [-0.39, 0.29) is 17.4 Å². The third kappa shape index (κ3) is 5.22. The van der Waals surface area contributed by atoms with Crippen molar-refractivity contribution < 1.29 is 33.3 Å². The van der Waals surface area contributed by atoms with E-state index < -0.39 is 29.6 Å². The number of imidazole rings is 1. The SMILES string of the molecule is CC1CCc2c(ccc3c2nc(C(O)c2cc(F)ccc2F)n3C2CCCC(C(=O)O)C2)N1C.COC=O. The first-order chi connectivity index (χ1) is 18.2. The van der Waals surface area contributed by atoms with Crippen molar-refractivity contribution in [3.63, 3.8) is 0 Å². The van der Waals surface area contributed by atoms with Gasteiger partial charge in [0, 0.05) is 35.9 Å². The number of aliphatic hydroxyl groups is 1. The van der Waals surface area contributed by atoms with Crippen molar-refractivity contribution in [3.8, 4) is 0 Å². The molecule has 1 aliphatic carbocycles. The van der Waals surface area contributed by atoms with E-state index in [1.165, 1.54) is 7.11 Å². The van der Waals surface area contributed by atoms with Crippen LogP contribution in [0.25, 0.3) is 11.0 Å². The molecule has 8 nitrogen and oxygen atoms in total. The Kier molecular flexibility index (Phi) is 8.30. The third-order valence-electron chi connectivity index (χ3n) is 7.78. The van der Waals surface area contributed by atoms with E-state index in [9.17, 15) is 23.8 Å². The second-order valence-corrected chi connectivity index (χ2v) is 10.0. The molecule has 3 aromatic rings. The van der Waals surface area contributed by atoms with Gasteiger partial charge in [-0.3, -0.25) is 9.59 Å². The predicted octanol–water partition coefficient (Wildman–Crippen LogP) is 4.77. The third-order valence-corrected chi connectivity index (χ3v) is 7.78. The summed E-state index contributed by atoms with van der Waals surface area (Å²) in [5.74, 6) is -2.45. The average molecular weight is 530 g/mol. The highest BCUT2D eigenvalue weighted by Crippen LogP contribution is 2.42. The molecule has 1 saturated carbocycles. The maximum atomic E-state index is 14.6. The fourth-order valence-corrected chi connectivity index (χ4v) is 5.65.